The van der Waals surface area contributed by atoms with Crippen molar-refractivity contribution in [2.24, 2.45) is 0 Å². The molecule has 60 heavy (non-hydrogen) atoms. The maximum absolute atomic E-state index is 13.0. The average molecular weight is 842 g/mol. The number of carbonyl (C=O) groups is 1. The number of rotatable bonds is 38. The third kappa shape index (κ3) is 30.4. The van der Waals surface area contributed by atoms with E-state index in [9.17, 15) is 30.3 Å². The normalized spacial score (nSPS) is 21.4. The van der Waals surface area contributed by atoms with Crippen LogP contribution in [-0.2, 0) is 14.3 Å². The smallest absolute Gasteiger partial charge is 0.220 e. The van der Waals surface area contributed by atoms with E-state index >= 15 is 0 Å². The van der Waals surface area contributed by atoms with Crippen LogP contribution in [0, 0.1) is 0 Å². The molecule has 0 aromatic rings. The van der Waals surface area contributed by atoms with E-state index in [4.69, 9.17) is 9.47 Å². The van der Waals surface area contributed by atoms with Crippen molar-refractivity contribution in [2.45, 2.75) is 217 Å². The molecule has 0 bridgehead atoms. The summed E-state index contributed by atoms with van der Waals surface area (Å²) in [5.41, 5.74) is 0. The van der Waals surface area contributed by atoms with Crippen LogP contribution in [0.15, 0.2) is 85.1 Å². The number of aliphatic hydroxyl groups is 5. The first kappa shape index (κ1) is 55.4. The van der Waals surface area contributed by atoms with Gasteiger partial charge in [0.25, 0.3) is 0 Å². The molecule has 6 N–H and O–H groups in total. The SMILES string of the molecule is CC/C=C\C/C=C\C/C=C\C/C=C\CCCCCCCCCCCCC(=O)NC(COC1OC(CO)C(O)C(O)C1O)C(O)/C=C/CC/C=C/CC/C=C/CCCCCC. The van der Waals surface area contributed by atoms with Crippen LogP contribution >= 0.6 is 0 Å². The highest BCUT2D eigenvalue weighted by molar-refractivity contribution is 5.76. The highest BCUT2D eigenvalue weighted by Crippen LogP contribution is 2.22. The largest absolute Gasteiger partial charge is 0.394 e. The Morgan fingerprint density at radius 1 is 0.583 bits per heavy atom. The van der Waals surface area contributed by atoms with Gasteiger partial charge in [0.2, 0.25) is 5.91 Å². The molecule has 344 valence electrons. The van der Waals surface area contributed by atoms with Crippen LogP contribution in [0.4, 0.5) is 0 Å². The molecule has 0 radical (unpaired) electrons. The summed E-state index contributed by atoms with van der Waals surface area (Å²) in [5, 5.41) is 54.2. The number of ether oxygens (including phenoxy) is 2. The van der Waals surface area contributed by atoms with Gasteiger partial charge in [-0.1, -0.05) is 170 Å². The van der Waals surface area contributed by atoms with Crippen molar-refractivity contribution >= 4 is 5.91 Å². The van der Waals surface area contributed by atoms with Crippen molar-refractivity contribution in [1.82, 2.24) is 5.32 Å². The molecule has 0 aromatic carbocycles. The Kier molecular flexibility index (Phi) is 37.3. The lowest BCUT2D eigenvalue weighted by atomic mass is 9.99. The van der Waals surface area contributed by atoms with Crippen LogP contribution in [0.1, 0.15) is 174 Å². The lowest BCUT2D eigenvalue weighted by molar-refractivity contribution is -0.302. The van der Waals surface area contributed by atoms with Crippen LogP contribution in [0.2, 0.25) is 0 Å². The summed E-state index contributed by atoms with van der Waals surface area (Å²) in [6, 6.07) is -0.834. The Morgan fingerprint density at radius 2 is 1.05 bits per heavy atom. The molecule has 0 aliphatic carbocycles. The zero-order valence-corrected chi connectivity index (χ0v) is 37.7. The molecule has 0 saturated carbocycles. The van der Waals surface area contributed by atoms with Gasteiger partial charge >= 0.3 is 0 Å². The van der Waals surface area contributed by atoms with Gasteiger partial charge in [-0.2, -0.15) is 0 Å². The van der Waals surface area contributed by atoms with Crippen molar-refractivity contribution < 1.29 is 39.8 Å². The number of aliphatic hydroxyl groups excluding tert-OH is 5. The third-order valence-electron chi connectivity index (χ3n) is 10.7. The van der Waals surface area contributed by atoms with E-state index in [1.807, 2.05) is 6.08 Å². The van der Waals surface area contributed by atoms with Crippen molar-refractivity contribution in [2.75, 3.05) is 13.2 Å². The van der Waals surface area contributed by atoms with E-state index in [1.165, 1.54) is 64.2 Å². The highest BCUT2D eigenvalue weighted by Gasteiger charge is 2.44. The van der Waals surface area contributed by atoms with Gasteiger partial charge in [-0.15, -0.1) is 0 Å². The topological polar surface area (TPSA) is 149 Å². The number of nitrogens with one attached hydrogen (secondary N) is 1. The molecule has 1 fully saturated rings. The molecule has 0 spiro atoms. The first-order valence-electron chi connectivity index (χ1n) is 23.8. The van der Waals surface area contributed by atoms with Gasteiger partial charge in [0.05, 0.1) is 25.4 Å². The molecule has 7 atom stereocenters. The second-order valence-electron chi connectivity index (χ2n) is 16.1. The molecule has 1 rings (SSSR count). The molecule has 9 nitrogen and oxygen atoms in total. The van der Waals surface area contributed by atoms with E-state index in [0.717, 1.165) is 89.9 Å². The van der Waals surface area contributed by atoms with E-state index in [1.54, 1.807) is 6.08 Å². The monoisotopic (exact) mass is 842 g/mol. The first-order valence-corrected chi connectivity index (χ1v) is 23.8. The molecule has 1 saturated heterocycles. The fourth-order valence-corrected chi connectivity index (χ4v) is 6.88. The van der Waals surface area contributed by atoms with Crippen LogP contribution in [-0.4, -0.2) is 87.5 Å². The number of carbonyl (C=O) groups excluding carboxylic acids is 1. The van der Waals surface area contributed by atoms with E-state index in [0.29, 0.717) is 6.42 Å². The molecule has 0 aromatic heterocycles. The van der Waals surface area contributed by atoms with Crippen molar-refractivity contribution in [1.29, 1.82) is 0 Å². The summed E-state index contributed by atoms with van der Waals surface area (Å²) in [6.45, 7) is 3.60. The second kappa shape index (κ2) is 40.4. The van der Waals surface area contributed by atoms with Gasteiger partial charge in [0.15, 0.2) is 6.29 Å². The highest BCUT2D eigenvalue weighted by atomic mass is 16.7. The number of amides is 1. The standard InChI is InChI=1S/C51H87NO8/c1-3-5-7-9-11-13-15-17-19-20-21-22-23-24-25-26-27-29-31-33-35-37-39-41-47(55)52-44(43-59-51-50(58)49(57)48(56)46(42-53)60-51)45(54)40-38-36-34-32-30-28-18-16-14-12-10-8-6-4-2/h5,7,11,13-14,16-17,19,21-22,30,32,38,40,44-46,48-51,53-54,56-58H,3-4,6,8-10,12,15,18,20,23-29,31,33-37,39,41-43H2,1-2H3,(H,52,55)/b7-5-,13-11-,16-14+,19-17-,22-21-,32-30+,40-38+. The summed E-state index contributed by atoms with van der Waals surface area (Å²) >= 11 is 0. The Balaban J connectivity index is 2.33. The van der Waals surface area contributed by atoms with E-state index in [2.05, 4.69) is 92.1 Å². The molecule has 7 unspecified atom stereocenters. The predicted octanol–water partition coefficient (Wildman–Crippen LogP) is 10.3. The van der Waals surface area contributed by atoms with Crippen molar-refractivity contribution in [3.63, 3.8) is 0 Å². The fourth-order valence-electron chi connectivity index (χ4n) is 6.88. The summed E-state index contributed by atoms with van der Waals surface area (Å²) in [6.07, 6.45) is 49.1. The minimum absolute atomic E-state index is 0.201. The van der Waals surface area contributed by atoms with E-state index in [-0.39, 0.29) is 12.5 Å². The molecule has 1 amide bonds. The van der Waals surface area contributed by atoms with Gasteiger partial charge in [-0.05, 0) is 83.5 Å². The predicted molar refractivity (Wildman–Crippen MR) is 248 cm³/mol. The quantitative estimate of drug-likeness (QED) is 0.0266. The molecular formula is C51H87NO8. The number of hydrogen-bond acceptors (Lipinski definition) is 8. The van der Waals surface area contributed by atoms with Crippen molar-refractivity contribution in [3.05, 3.63) is 85.1 Å². The van der Waals surface area contributed by atoms with Crippen LogP contribution in [0.3, 0.4) is 0 Å². The average Bonchev–Trinajstić information content (AvgIpc) is 3.25. The van der Waals surface area contributed by atoms with Gasteiger partial charge in [-0.25, -0.2) is 0 Å². The first-order chi connectivity index (χ1) is 29.3. The van der Waals surface area contributed by atoms with Crippen molar-refractivity contribution in [3.8, 4) is 0 Å². The second-order valence-corrected chi connectivity index (χ2v) is 16.1. The summed E-state index contributed by atoms with van der Waals surface area (Å²) in [5.74, 6) is -0.201. The van der Waals surface area contributed by atoms with Gasteiger partial charge in [0, 0.05) is 6.42 Å². The Morgan fingerprint density at radius 3 is 1.60 bits per heavy atom. The minimum atomic E-state index is -1.58. The van der Waals surface area contributed by atoms with Crippen LogP contribution in [0.25, 0.3) is 0 Å². The van der Waals surface area contributed by atoms with Gasteiger partial charge in [0.1, 0.15) is 24.4 Å². The molecule has 9 heteroatoms. The third-order valence-corrected chi connectivity index (χ3v) is 10.7. The Hall–Kier alpha value is -2.63. The summed E-state index contributed by atoms with van der Waals surface area (Å²) in [4.78, 5) is 13.0. The van der Waals surface area contributed by atoms with E-state index < -0.39 is 49.5 Å². The Bertz CT molecular complexity index is 1210. The summed E-state index contributed by atoms with van der Waals surface area (Å²) < 4.78 is 11.2. The molecular weight excluding hydrogens is 755 g/mol. The maximum Gasteiger partial charge on any atom is 0.220 e. The number of hydrogen-bond donors (Lipinski definition) is 6. The zero-order valence-electron chi connectivity index (χ0n) is 37.7. The number of unbranched alkanes of at least 4 members (excludes halogenated alkanes) is 16. The Labute approximate surface area is 365 Å². The number of allylic oxidation sites excluding steroid dienone is 13. The molecule has 1 aliphatic heterocycles. The van der Waals surface area contributed by atoms with Gasteiger partial charge in [-0.3, -0.25) is 4.79 Å². The van der Waals surface area contributed by atoms with Crippen LogP contribution < -0.4 is 5.32 Å². The maximum atomic E-state index is 13.0. The lowest BCUT2D eigenvalue weighted by Crippen LogP contribution is -2.60. The summed E-state index contributed by atoms with van der Waals surface area (Å²) in [7, 11) is 0. The fraction of sp³-hybridized carbons (Fsp3) is 0.706. The van der Waals surface area contributed by atoms with Crippen LogP contribution in [0.5, 0.6) is 0 Å². The molecule has 1 aliphatic rings. The van der Waals surface area contributed by atoms with Gasteiger partial charge < -0.3 is 40.3 Å². The lowest BCUT2D eigenvalue weighted by Gasteiger charge is -2.40. The minimum Gasteiger partial charge on any atom is -0.394 e. The zero-order chi connectivity index (χ0) is 43.7. The molecule has 1 heterocycles.